The molecule has 0 unspecified atom stereocenters. The number of anilines is 6. The van der Waals surface area contributed by atoms with Crippen LogP contribution in [0, 0.1) is 0 Å². The number of hydrogen-bond acceptors (Lipinski definition) is 6. The topological polar surface area (TPSA) is 59.0 Å². The van der Waals surface area contributed by atoms with Gasteiger partial charge in [0.05, 0.1) is 11.4 Å². The van der Waals surface area contributed by atoms with Gasteiger partial charge in [0.1, 0.15) is 33.5 Å². The highest BCUT2D eigenvalue weighted by Gasteiger charge is 2.27. The third-order valence-corrected chi connectivity index (χ3v) is 15.6. The summed E-state index contributed by atoms with van der Waals surface area (Å²) in [5.41, 5.74) is 15.2. The van der Waals surface area contributed by atoms with E-state index in [2.05, 4.69) is 258 Å². The molecule has 76 heavy (non-hydrogen) atoms. The fourth-order valence-corrected chi connectivity index (χ4v) is 11.9. The van der Waals surface area contributed by atoms with Crippen molar-refractivity contribution in [2.45, 2.75) is 52.4 Å². The molecule has 15 aromatic rings. The van der Waals surface area contributed by atoms with Gasteiger partial charge in [-0.05, 0) is 129 Å². The number of hydrogen-bond donors (Lipinski definition) is 0. The lowest BCUT2D eigenvalue weighted by Gasteiger charge is -2.25. The van der Waals surface area contributed by atoms with Crippen LogP contribution in [0.4, 0.5) is 34.1 Å². The first-order chi connectivity index (χ1) is 36.9. The largest absolute Gasteiger partial charge is 0.456 e. The van der Waals surface area contributed by atoms with E-state index in [1.54, 1.807) is 0 Å². The van der Waals surface area contributed by atoms with Crippen LogP contribution in [-0.2, 0) is 10.8 Å². The van der Waals surface area contributed by atoms with Gasteiger partial charge in [0.2, 0.25) is 0 Å². The molecule has 11 aromatic carbocycles. The van der Waals surface area contributed by atoms with Crippen molar-refractivity contribution < 1.29 is 17.7 Å². The van der Waals surface area contributed by atoms with Crippen molar-refractivity contribution in [3.63, 3.8) is 0 Å². The van der Waals surface area contributed by atoms with Crippen LogP contribution in [0.1, 0.15) is 52.7 Å². The summed E-state index contributed by atoms with van der Waals surface area (Å²) >= 11 is 0. The quantitative estimate of drug-likeness (QED) is 0.165. The maximum Gasteiger partial charge on any atom is 0.159 e. The minimum atomic E-state index is -0.0787. The standard InChI is InChI=1S/C70H52N2O4/c1-69(2,3)57-25-13-21-49-51-23-15-27-59(67(51)75-65(49)57)71(45-17-9-7-10-18-45)47-31-29-41-35-53-55-39-64-56(40-63(55)73-61(53)37-43(41)33-47)54-36-42-30-32-48(34-44(42)38-62(54)74-64)72(46-19-11-8-12-20-46)60-28-16-24-52-50-22-14-26-58(70(4,5)6)66(50)76-68(52)60/h7-40H,1-6H3. The molecule has 0 radical (unpaired) electrons. The Balaban J connectivity index is 0.826. The molecule has 4 heterocycles. The number of furan rings is 4. The zero-order chi connectivity index (χ0) is 51.2. The Morgan fingerprint density at radius 3 is 1.04 bits per heavy atom. The monoisotopic (exact) mass is 984 g/mol. The van der Waals surface area contributed by atoms with Crippen LogP contribution in [0.3, 0.4) is 0 Å². The molecule has 4 aromatic heterocycles. The molecular weight excluding hydrogens is 933 g/mol. The SMILES string of the molecule is CC(C)(C)c1cccc2c1oc1c(N(c3ccccc3)c3ccc4cc5c(cc4c3)oc3cc4c(cc35)oc3cc5cc(N(c6ccccc6)c6cccc7c6oc6c(C(C)(C)C)cccc67)ccc5cc34)cccc12. The van der Waals surface area contributed by atoms with E-state index in [0.29, 0.717) is 0 Å². The van der Waals surface area contributed by atoms with Gasteiger partial charge in [-0.15, -0.1) is 0 Å². The average molecular weight is 985 g/mol. The van der Waals surface area contributed by atoms with E-state index in [1.807, 2.05) is 0 Å². The molecule has 0 aliphatic heterocycles. The predicted molar refractivity (Wildman–Crippen MR) is 317 cm³/mol. The van der Waals surface area contributed by atoms with E-state index in [1.165, 1.54) is 11.1 Å². The second-order valence-electron chi connectivity index (χ2n) is 22.5. The molecule has 0 fully saturated rings. The lowest BCUT2D eigenvalue weighted by molar-refractivity contribution is 0.572. The Bertz CT molecular complexity index is 4540. The molecule has 0 aliphatic carbocycles. The molecule has 0 saturated carbocycles. The van der Waals surface area contributed by atoms with Crippen molar-refractivity contribution in [2.24, 2.45) is 0 Å². The van der Waals surface area contributed by atoms with Crippen molar-refractivity contribution >= 4 is 143 Å². The van der Waals surface area contributed by atoms with Crippen LogP contribution >= 0.6 is 0 Å². The van der Waals surface area contributed by atoms with Gasteiger partial charge in [0.25, 0.3) is 0 Å². The van der Waals surface area contributed by atoms with E-state index in [4.69, 9.17) is 17.7 Å². The van der Waals surface area contributed by atoms with Crippen molar-refractivity contribution in [1.82, 2.24) is 0 Å². The first-order valence-corrected chi connectivity index (χ1v) is 26.2. The van der Waals surface area contributed by atoms with Crippen molar-refractivity contribution in [3.8, 4) is 0 Å². The zero-order valence-corrected chi connectivity index (χ0v) is 43.2. The van der Waals surface area contributed by atoms with Crippen LogP contribution in [0.2, 0.25) is 0 Å². The van der Waals surface area contributed by atoms with Crippen LogP contribution in [-0.4, -0.2) is 0 Å². The third kappa shape index (κ3) is 6.80. The van der Waals surface area contributed by atoms with Gasteiger partial charge in [0, 0.05) is 77.0 Å². The summed E-state index contributed by atoms with van der Waals surface area (Å²) in [5, 5.41) is 13.0. The summed E-state index contributed by atoms with van der Waals surface area (Å²) < 4.78 is 27.4. The van der Waals surface area contributed by atoms with Crippen molar-refractivity contribution in [3.05, 3.63) is 217 Å². The molecule has 0 spiro atoms. The Labute approximate surface area is 438 Å². The van der Waals surface area contributed by atoms with Gasteiger partial charge in [0.15, 0.2) is 11.2 Å². The summed E-state index contributed by atoms with van der Waals surface area (Å²) in [6, 6.07) is 73.5. The van der Waals surface area contributed by atoms with E-state index in [9.17, 15) is 0 Å². The van der Waals surface area contributed by atoms with Gasteiger partial charge < -0.3 is 27.5 Å². The second-order valence-corrected chi connectivity index (χ2v) is 22.5. The number of rotatable bonds is 6. The van der Waals surface area contributed by atoms with Gasteiger partial charge in [-0.3, -0.25) is 0 Å². The van der Waals surface area contributed by atoms with Crippen LogP contribution < -0.4 is 9.80 Å². The maximum atomic E-state index is 6.92. The lowest BCUT2D eigenvalue weighted by Crippen LogP contribution is -2.11. The van der Waals surface area contributed by atoms with E-state index in [-0.39, 0.29) is 10.8 Å². The Hall–Kier alpha value is -9.26. The third-order valence-electron chi connectivity index (χ3n) is 15.6. The molecule has 0 N–H and O–H groups in total. The minimum absolute atomic E-state index is 0.0787. The summed E-state index contributed by atoms with van der Waals surface area (Å²) in [7, 11) is 0. The molecule has 0 atom stereocenters. The molecular formula is C70H52N2O4. The lowest BCUT2D eigenvalue weighted by atomic mass is 9.86. The normalized spacial score (nSPS) is 12.6. The number of fused-ring (bicyclic) bond motifs is 14. The summed E-state index contributed by atoms with van der Waals surface area (Å²) in [5.74, 6) is 0. The molecule has 0 amide bonds. The van der Waals surface area contributed by atoms with Crippen molar-refractivity contribution in [1.29, 1.82) is 0 Å². The maximum absolute atomic E-state index is 6.92. The minimum Gasteiger partial charge on any atom is -0.456 e. The average Bonchev–Trinajstić information content (AvgIpc) is 4.25. The number of nitrogens with zero attached hydrogens (tertiary/aromatic N) is 2. The first kappa shape index (κ1) is 44.2. The highest BCUT2D eigenvalue weighted by Crippen LogP contribution is 2.48. The van der Waals surface area contributed by atoms with E-state index >= 15 is 0 Å². The highest BCUT2D eigenvalue weighted by molar-refractivity contribution is 6.19. The Morgan fingerprint density at radius 1 is 0.263 bits per heavy atom. The molecule has 0 saturated heterocycles. The number of benzene rings is 11. The Kier molecular flexibility index (Phi) is 9.38. The van der Waals surface area contributed by atoms with Gasteiger partial charge in [-0.25, -0.2) is 0 Å². The van der Waals surface area contributed by atoms with E-state index < -0.39 is 0 Å². The summed E-state index contributed by atoms with van der Waals surface area (Å²) in [4.78, 5) is 4.61. The van der Waals surface area contributed by atoms with Crippen LogP contribution in [0.5, 0.6) is 0 Å². The molecule has 0 bridgehead atoms. The first-order valence-electron chi connectivity index (χ1n) is 26.2. The van der Waals surface area contributed by atoms with Crippen molar-refractivity contribution in [2.75, 3.05) is 9.80 Å². The summed E-state index contributed by atoms with van der Waals surface area (Å²) in [6.07, 6.45) is 0. The Morgan fingerprint density at radius 2 is 0.632 bits per heavy atom. The van der Waals surface area contributed by atoms with Crippen LogP contribution in [0.25, 0.3) is 109 Å². The van der Waals surface area contributed by atoms with Gasteiger partial charge in [-0.2, -0.15) is 0 Å². The molecule has 6 heteroatoms. The predicted octanol–water partition coefficient (Wildman–Crippen LogP) is 21.1. The van der Waals surface area contributed by atoms with E-state index in [0.717, 1.165) is 143 Å². The molecule has 15 rings (SSSR count). The zero-order valence-electron chi connectivity index (χ0n) is 43.2. The molecule has 0 aliphatic rings. The summed E-state index contributed by atoms with van der Waals surface area (Å²) in [6.45, 7) is 13.4. The van der Waals surface area contributed by atoms with Crippen LogP contribution in [0.15, 0.2) is 224 Å². The molecule has 6 nitrogen and oxygen atoms in total. The molecule has 366 valence electrons. The second kappa shape index (κ2) is 16.1. The number of para-hydroxylation sites is 6. The fourth-order valence-electron chi connectivity index (χ4n) is 11.9. The highest BCUT2D eigenvalue weighted by atomic mass is 16.3. The smallest absolute Gasteiger partial charge is 0.159 e. The van der Waals surface area contributed by atoms with Gasteiger partial charge >= 0.3 is 0 Å². The fraction of sp³-hybridized carbons (Fsp3) is 0.114. The van der Waals surface area contributed by atoms with Gasteiger partial charge in [-0.1, -0.05) is 151 Å².